The number of carboxylic acids is 1. The number of phenolic OH excluding ortho intramolecular Hbond substituents is 1. The lowest BCUT2D eigenvalue weighted by Gasteiger charge is -2.22. The predicted molar refractivity (Wildman–Crippen MR) is 132 cm³/mol. The summed E-state index contributed by atoms with van der Waals surface area (Å²) >= 11 is 6.80. The summed E-state index contributed by atoms with van der Waals surface area (Å²) in [7, 11) is 1.57. The first kappa shape index (κ1) is 24.6. The van der Waals surface area contributed by atoms with Crippen LogP contribution in [0.25, 0.3) is 0 Å². The molecule has 2 N–H and O–H groups in total. The van der Waals surface area contributed by atoms with E-state index in [0.29, 0.717) is 44.0 Å². The Bertz CT molecular complexity index is 1160. The second kappa shape index (κ2) is 10.7. The van der Waals surface area contributed by atoms with Crippen molar-refractivity contribution >= 4 is 49.4 Å². The number of hydrogen-bond donors (Lipinski definition) is 2. The molecular formula is C24H21Br2NO6. The molecule has 0 bridgehead atoms. The molecule has 0 aromatic heterocycles. The van der Waals surface area contributed by atoms with Gasteiger partial charge in [-0.15, -0.1) is 0 Å². The van der Waals surface area contributed by atoms with Gasteiger partial charge in [0.15, 0.2) is 5.75 Å². The summed E-state index contributed by atoms with van der Waals surface area (Å²) in [6, 6.07) is 14.8. The number of nitrogens with zero attached hydrogens (tertiary/aromatic N) is 1. The SMILES string of the molecule is CCN(C(=O)c1cc(Oc2c(Br)cc(CC(=O)O)cc2Br)ccc1O)c1ccc(OC)cc1. The first-order valence-corrected chi connectivity index (χ1v) is 11.5. The first-order chi connectivity index (χ1) is 15.7. The maximum absolute atomic E-state index is 13.2. The molecule has 0 aliphatic heterocycles. The van der Waals surface area contributed by atoms with Gasteiger partial charge in [-0.1, -0.05) is 0 Å². The summed E-state index contributed by atoms with van der Waals surface area (Å²) in [5, 5.41) is 19.4. The number of rotatable bonds is 8. The van der Waals surface area contributed by atoms with Crippen molar-refractivity contribution in [2.75, 3.05) is 18.6 Å². The number of ether oxygens (including phenoxy) is 2. The number of benzene rings is 3. The van der Waals surface area contributed by atoms with E-state index >= 15 is 0 Å². The standard InChI is InChI=1S/C24H21Br2NO6/c1-3-27(15-4-6-16(32-2)7-5-15)24(31)18-13-17(8-9-21(18)28)33-23-19(25)10-14(11-20(23)26)12-22(29)30/h4-11,13,28H,3,12H2,1-2H3,(H,29,30). The van der Waals surface area contributed by atoms with Crippen LogP contribution in [0.5, 0.6) is 23.0 Å². The average Bonchev–Trinajstić information content (AvgIpc) is 2.77. The van der Waals surface area contributed by atoms with Crippen LogP contribution in [0, 0.1) is 0 Å². The summed E-state index contributed by atoms with van der Waals surface area (Å²) in [5.41, 5.74) is 1.33. The molecule has 0 atom stereocenters. The smallest absolute Gasteiger partial charge is 0.307 e. The zero-order valence-electron chi connectivity index (χ0n) is 17.8. The Morgan fingerprint density at radius 3 is 2.12 bits per heavy atom. The van der Waals surface area contributed by atoms with Crippen LogP contribution < -0.4 is 14.4 Å². The van der Waals surface area contributed by atoms with Crippen LogP contribution in [0.4, 0.5) is 5.69 Å². The van der Waals surface area contributed by atoms with Crippen molar-refractivity contribution in [2.45, 2.75) is 13.3 Å². The highest BCUT2D eigenvalue weighted by Crippen LogP contribution is 2.39. The van der Waals surface area contributed by atoms with Gasteiger partial charge < -0.3 is 24.6 Å². The molecule has 0 heterocycles. The number of aliphatic carboxylic acids is 1. The molecule has 33 heavy (non-hydrogen) atoms. The molecule has 3 rings (SSSR count). The van der Waals surface area contributed by atoms with E-state index in [4.69, 9.17) is 14.6 Å². The van der Waals surface area contributed by atoms with Gasteiger partial charge in [-0.05, 0) is 98.9 Å². The minimum absolute atomic E-state index is 0.0833. The third-order valence-electron chi connectivity index (χ3n) is 4.78. The number of anilines is 1. The summed E-state index contributed by atoms with van der Waals surface area (Å²) in [6.45, 7) is 2.23. The van der Waals surface area contributed by atoms with Gasteiger partial charge in [0.1, 0.15) is 17.2 Å². The molecule has 0 saturated heterocycles. The lowest BCUT2D eigenvalue weighted by molar-refractivity contribution is -0.136. The third-order valence-corrected chi connectivity index (χ3v) is 5.96. The van der Waals surface area contributed by atoms with Crippen LogP contribution in [0.3, 0.4) is 0 Å². The molecule has 0 spiro atoms. The molecule has 7 nitrogen and oxygen atoms in total. The monoisotopic (exact) mass is 577 g/mol. The Labute approximate surface area is 207 Å². The highest BCUT2D eigenvalue weighted by molar-refractivity contribution is 9.11. The van der Waals surface area contributed by atoms with Crippen LogP contribution in [0.2, 0.25) is 0 Å². The Hall–Kier alpha value is -3.04. The number of methoxy groups -OCH3 is 1. The van der Waals surface area contributed by atoms with Crippen molar-refractivity contribution in [1.29, 1.82) is 0 Å². The fraction of sp³-hybridized carbons (Fsp3) is 0.167. The third kappa shape index (κ3) is 5.85. The molecule has 0 aliphatic rings. The highest BCUT2D eigenvalue weighted by atomic mass is 79.9. The zero-order chi connectivity index (χ0) is 24.1. The predicted octanol–water partition coefficient (Wildman–Crippen LogP) is 6.01. The van der Waals surface area contributed by atoms with Gasteiger partial charge in [0.2, 0.25) is 0 Å². The number of carbonyl (C=O) groups is 2. The van der Waals surface area contributed by atoms with Gasteiger partial charge in [-0.25, -0.2) is 0 Å². The number of hydrogen-bond acceptors (Lipinski definition) is 5. The van der Waals surface area contributed by atoms with Gasteiger partial charge in [0, 0.05) is 12.2 Å². The highest BCUT2D eigenvalue weighted by Gasteiger charge is 2.21. The minimum Gasteiger partial charge on any atom is -0.507 e. The molecule has 3 aromatic rings. The molecule has 1 amide bonds. The van der Waals surface area contributed by atoms with E-state index in [0.717, 1.165) is 0 Å². The summed E-state index contributed by atoms with van der Waals surface area (Å²) < 4.78 is 12.2. The summed E-state index contributed by atoms with van der Waals surface area (Å²) in [5.74, 6) is -0.0904. The summed E-state index contributed by atoms with van der Waals surface area (Å²) in [4.78, 5) is 25.8. The Kier molecular flexibility index (Phi) is 7.99. The Morgan fingerprint density at radius 2 is 1.58 bits per heavy atom. The Morgan fingerprint density at radius 1 is 0.970 bits per heavy atom. The summed E-state index contributed by atoms with van der Waals surface area (Å²) in [6.07, 6.45) is -0.131. The quantitative estimate of drug-likeness (QED) is 0.340. The fourth-order valence-corrected chi connectivity index (χ4v) is 4.65. The van der Waals surface area contributed by atoms with Gasteiger partial charge in [-0.2, -0.15) is 0 Å². The number of carboxylic acid groups (broad SMARTS) is 1. The minimum atomic E-state index is -0.943. The second-order valence-corrected chi connectivity index (χ2v) is 8.70. The van der Waals surface area contributed by atoms with E-state index in [9.17, 15) is 14.7 Å². The van der Waals surface area contributed by atoms with Gasteiger partial charge >= 0.3 is 5.97 Å². The number of aromatic hydroxyl groups is 1. The molecule has 0 radical (unpaired) electrons. The number of carbonyl (C=O) groups excluding carboxylic acids is 1. The fourth-order valence-electron chi connectivity index (χ4n) is 3.21. The van der Waals surface area contributed by atoms with Crippen LogP contribution in [-0.2, 0) is 11.2 Å². The number of halogens is 2. The molecule has 3 aromatic carbocycles. The van der Waals surface area contributed by atoms with Crippen molar-refractivity contribution in [3.8, 4) is 23.0 Å². The Balaban J connectivity index is 1.90. The molecular weight excluding hydrogens is 558 g/mol. The van der Waals surface area contributed by atoms with Crippen LogP contribution in [-0.4, -0.2) is 35.7 Å². The van der Waals surface area contributed by atoms with Crippen molar-refractivity contribution in [2.24, 2.45) is 0 Å². The maximum Gasteiger partial charge on any atom is 0.307 e. The van der Waals surface area contributed by atoms with Crippen LogP contribution >= 0.6 is 31.9 Å². The van der Waals surface area contributed by atoms with Crippen molar-refractivity contribution < 1.29 is 29.3 Å². The van der Waals surface area contributed by atoms with E-state index in [-0.39, 0.29) is 23.6 Å². The van der Waals surface area contributed by atoms with Gasteiger partial charge in [-0.3, -0.25) is 9.59 Å². The molecule has 172 valence electrons. The topological polar surface area (TPSA) is 96.3 Å². The van der Waals surface area contributed by atoms with Gasteiger partial charge in [0.25, 0.3) is 5.91 Å². The molecule has 0 aliphatic carbocycles. The molecule has 0 unspecified atom stereocenters. The zero-order valence-corrected chi connectivity index (χ0v) is 21.0. The van der Waals surface area contributed by atoms with Crippen molar-refractivity contribution in [3.63, 3.8) is 0 Å². The lowest BCUT2D eigenvalue weighted by Crippen LogP contribution is -2.30. The molecule has 0 saturated carbocycles. The first-order valence-electron chi connectivity index (χ1n) is 9.90. The van der Waals surface area contributed by atoms with E-state index in [1.165, 1.54) is 17.0 Å². The van der Waals surface area contributed by atoms with E-state index in [2.05, 4.69) is 31.9 Å². The van der Waals surface area contributed by atoms with E-state index in [1.54, 1.807) is 49.6 Å². The number of amides is 1. The maximum atomic E-state index is 13.2. The van der Waals surface area contributed by atoms with Crippen LogP contribution in [0.15, 0.2) is 63.5 Å². The van der Waals surface area contributed by atoms with Crippen molar-refractivity contribution in [3.05, 3.63) is 74.7 Å². The van der Waals surface area contributed by atoms with E-state index in [1.807, 2.05) is 6.92 Å². The average molecular weight is 579 g/mol. The second-order valence-electron chi connectivity index (χ2n) is 6.99. The normalized spacial score (nSPS) is 10.5. The lowest BCUT2D eigenvalue weighted by atomic mass is 10.1. The molecule has 0 fully saturated rings. The van der Waals surface area contributed by atoms with Gasteiger partial charge in [0.05, 0.1) is 28.0 Å². The van der Waals surface area contributed by atoms with Crippen molar-refractivity contribution in [1.82, 2.24) is 0 Å². The largest absolute Gasteiger partial charge is 0.507 e. The molecule has 9 heteroatoms. The number of phenols is 1. The van der Waals surface area contributed by atoms with E-state index < -0.39 is 5.97 Å². The van der Waals surface area contributed by atoms with Crippen LogP contribution in [0.1, 0.15) is 22.8 Å².